The number of aliphatic hydroxyl groups is 1. The molecule has 0 saturated carbocycles. The van der Waals surface area contributed by atoms with Crippen molar-refractivity contribution in [1.29, 1.82) is 0 Å². The average molecular weight is 717 g/mol. The summed E-state index contributed by atoms with van der Waals surface area (Å²) in [6.07, 6.45) is 1.55. The van der Waals surface area contributed by atoms with Gasteiger partial charge in [0.05, 0.1) is 48.8 Å². The number of halogens is 2. The number of fused-ring (bicyclic) bond motifs is 2. The molecule has 2 fully saturated rings. The number of aliphatic hydroxyl groups excluding tert-OH is 1. The predicted molar refractivity (Wildman–Crippen MR) is 193 cm³/mol. The maximum atomic E-state index is 16.3. The van der Waals surface area contributed by atoms with Crippen LogP contribution in [0.5, 0.6) is 0 Å². The Morgan fingerprint density at radius 1 is 1.08 bits per heavy atom. The van der Waals surface area contributed by atoms with Crippen LogP contribution in [0.3, 0.4) is 0 Å². The molecule has 1 N–H and O–H groups in total. The summed E-state index contributed by atoms with van der Waals surface area (Å²) in [5, 5.41) is 16.4. The first kappa shape index (κ1) is 34.5. The summed E-state index contributed by atoms with van der Waals surface area (Å²) in [6.45, 7) is 5.69. The third-order valence-corrected chi connectivity index (χ3v) is 13.6. The van der Waals surface area contributed by atoms with E-state index in [1.165, 1.54) is 5.01 Å². The van der Waals surface area contributed by atoms with Crippen molar-refractivity contribution in [2.45, 2.75) is 82.0 Å². The van der Waals surface area contributed by atoms with E-state index in [1.807, 2.05) is 61.5 Å². The first-order valence-corrected chi connectivity index (χ1v) is 20.7. The largest absolute Gasteiger partial charge is 0.394 e. The van der Waals surface area contributed by atoms with Gasteiger partial charge < -0.3 is 23.8 Å². The Morgan fingerprint density at radius 2 is 1.82 bits per heavy atom. The Balaban J connectivity index is 1.17. The number of hydrogen-bond acceptors (Lipinski definition) is 6. The highest BCUT2D eigenvalue weighted by Crippen LogP contribution is 2.60. The Kier molecular flexibility index (Phi) is 9.21. The zero-order valence-corrected chi connectivity index (χ0v) is 30.3. The smallest absolute Gasteiger partial charge is 0.264 e. The molecule has 5 atom stereocenters. The lowest BCUT2D eigenvalue weighted by Gasteiger charge is -2.31. The number of benzene rings is 3. The fourth-order valence-corrected chi connectivity index (χ4v) is 11.2. The highest BCUT2D eigenvalue weighted by molar-refractivity contribution is 6.72. The standard InChI is InChI=1S/C38H42ClFN4O5Si/c1-24-36(50(2,3)40)33(21-35(47)42-19-7-10-29(42)23-45)49-38(24)30-20-27(39)13-17-32(30)43(37(38)48)22-25-11-14-28(15-12-25)44-34(46)18-16-31(41-44)26-8-5-4-6-9-26/h4-6,8-9,11-15,17,20,24,29,33,36,45H,7,10,16,18-19,21-23H2,1-3H3/t24-,29-,33+,36-,38+/m0/s1. The van der Waals surface area contributed by atoms with E-state index in [2.05, 4.69) is 5.10 Å². The van der Waals surface area contributed by atoms with Crippen molar-refractivity contribution in [1.82, 2.24) is 4.90 Å². The molecule has 2 saturated heterocycles. The minimum Gasteiger partial charge on any atom is -0.394 e. The number of likely N-dealkylation sites (tertiary alicyclic amines) is 1. The van der Waals surface area contributed by atoms with Crippen molar-refractivity contribution in [3.8, 4) is 0 Å². The predicted octanol–water partition coefficient (Wildman–Crippen LogP) is 6.57. The van der Waals surface area contributed by atoms with Gasteiger partial charge in [-0.1, -0.05) is 61.0 Å². The molecule has 50 heavy (non-hydrogen) atoms. The van der Waals surface area contributed by atoms with Crippen molar-refractivity contribution >= 4 is 54.8 Å². The molecule has 262 valence electrons. The van der Waals surface area contributed by atoms with Crippen LogP contribution in [0.1, 0.15) is 55.7 Å². The number of carbonyl (C=O) groups is 3. The molecular weight excluding hydrogens is 675 g/mol. The van der Waals surface area contributed by atoms with Crippen molar-refractivity contribution < 1.29 is 28.3 Å². The van der Waals surface area contributed by atoms with Crippen LogP contribution in [0.15, 0.2) is 77.9 Å². The maximum Gasteiger partial charge on any atom is 0.264 e. The number of carbonyl (C=O) groups excluding carboxylic acids is 3. The first-order chi connectivity index (χ1) is 23.9. The SMILES string of the molecule is C[C@H]1[C@H]([Si](C)(C)F)[C@@H](CC(=O)N2CCC[C@H]2CO)O[C@]12C(=O)N(Cc1ccc(N3N=C(c4ccccc4)CCC3=O)cc1)c1ccc(Cl)cc12. The molecule has 4 heterocycles. The molecule has 3 aromatic carbocycles. The van der Waals surface area contributed by atoms with Crippen LogP contribution in [-0.4, -0.2) is 67.1 Å². The number of ether oxygens (including phenoxy) is 1. The number of rotatable bonds is 8. The summed E-state index contributed by atoms with van der Waals surface area (Å²) >= 11 is 6.53. The Hall–Kier alpha value is -3.90. The molecule has 0 aliphatic carbocycles. The van der Waals surface area contributed by atoms with E-state index >= 15 is 4.11 Å². The van der Waals surface area contributed by atoms with E-state index in [9.17, 15) is 19.5 Å². The summed E-state index contributed by atoms with van der Waals surface area (Å²) in [5.41, 5.74) is 2.31. The summed E-state index contributed by atoms with van der Waals surface area (Å²) in [7, 11) is -3.48. The van der Waals surface area contributed by atoms with Crippen molar-refractivity contribution in [3.05, 3.63) is 94.5 Å². The monoisotopic (exact) mass is 716 g/mol. The van der Waals surface area contributed by atoms with Gasteiger partial charge in [-0.05, 0) is 67.4 Å². The highest BCUT2D eigenvalue weighted by Gasteiger charge is 2.67. The topological polar surface area (TPSA) is 103 Å². The van der Waals surface area contributed by atoms with E-state index < -0.39 is 31.6 Å². The van der Waals surface area contributed by atoms with E-state index in [0.717, 1.165) is 29.7 Å². The second-order valence-electron chi connectivity index (χ2n) is 14.4. The van der Waals surface area contributed by atoms with Gasteiger partial charge in [0.25, 0.3) is 5.91 Å². The van der Waals surface area contributed by atoms with Crippen molar-refractivity contribution in [2.75, 3.05) is 23.1 Å². The lowest BCUT2D eigenvalue weighted by molar-refractivity contribution is -0.150. The van der Waals surface area contributed by atoms with Crippen LogP contribution in [0, 0.1) is 5.92 Å². The van der Waals surface area contributed by atoms with Gasteiger partial charge in [-0.3, -0.25) is 14.4 Å². The summed E-state index contributed by atoms with van der Waals surface area (Å²) < 4.78 is 23.0. The van der Waals surface area contributed by atoms with Gasteiger partial charge in [-0.15, -0.1) is 0 Å². The number of anilines is 2. The van der Waals surface area contributed by atoms with Crippen LogP contribution in [0.4, 0.5) is 15.5 Å². The molecule has 0 bridgehead atoms. The number of amides is 3. The van der Waals surface area contributed by atoms with E-state index in [0.29, 0.717) is 41.3 Å². The zero-order chi connectivity index (χ0) is 35.4. The van der Waals surface area contributed by atoms with Gasteiger partial charge in [0.1, 0.15) is 0 Å². The molecule has 4 aliphatic heterocycles. The molecular formula is C38H42ClFN4O5Si. The molecule has 12 heteroatoms. The van der Waals surface area contributed by atoms with Crippen molar-refractivity contribution in [2.24, 2.45) is 11.0 Å². The zero-order valence-electron chi connectivity index (χ0n) is 28.5. The Bertz CT molecular complexity index is 1840. The van der Waals surface area contributed by atoms with Gasteiger partial charge in [-0.2, -0.15) is 5.10 Å². The van der Waals surface area contributed by atoms with E-state index in [4.69, 9.17) is 16.3 Å². The molecule has 3 aromatic rings. The Labute approximate surface area is 297 Å². The molecule has 7 rings (SSSR count). The fraction of sp³-hybridized carbons (Fsp3) is 0.421. The summed E-state index contributed by atoms with van der Waals surface area (Å²) in [6, 6.07) is 22.2. The van der Waals surface area contributed by atoms with Gasteiger partial charge in [0.2, 0.25) is 20.2 Å². The van der Waals surface area contributed by atoms with E-state index in [1.54, 1.807) is 41.1 Å². The lowest BCUT2D eigenvalue weighted by Crippen LogP contribution is -2.45. The third-order valence-electron chi connectivity index (χ3n) is 10.9. The molecule has 1 spiro atoms. The lowest BCUT2D eigenvalue weighted by atomic mass is 9.82. The van der Waals surface area contributed by atoms with Crippen LogP contribution in [-0.2, 0) is 31.3 Å². The summed E-state index contributed by atoms with van der Waals surface area (Å²) in [4.78, 5) is 44.5. The fourth-order valence-electron chi connectivity index (χ4n) is 8.54. The second-order valence-corrected chi connectivity index (χ2v) is 18.6. The number of nitrogens with zero attached hydrogens (tertiary/aromatic N) is 4. The molecule has 0 unspecified atom stereocenters. The van der Waals surface area contributed by atoms with Crippen molar-refractivity contribution in [3.63, 3.8) is 0 Å². The third kappa shape index (κ3) is 5.97. The number of hydrazone groups is 1. The minimum atomic E-state index is -3.48. The number of hydrogen-bond donors (Lipinski definition) is 1. The molecule has 4 aliphatic rings. The van der Waals surface area contributed by atoms with Gasteiger partial charge in [0, 0.05) is 41.4 Å². The molecule has 0 radical (unpaired) electrons. The Morgan fingerprint density at radius 3 is 2.52 bits per heavy atom. The van der Waals surface area contributed by atoms with Gasteiger partial charge in [-0.25, -0.2) is 5.01 Å². The van der Waals surface area contributed by atoms with Crippen LogP contribution < -0.4 is 9.91 Å². The van der Waals surface area contributed by atoms with Crippen LogP contribution in [0.2, 0.25) is 23.7 Å². The van der Waals surface area contributed by atoms with E-state index in [-0.39, 0.29) is 43.3 Å². The molecule has 0 aromatic heterocycles. The maximum absolute atomic E-state index is 16.3. The second kappa shape index (κ2) is 13.3. The molecule has 9 nitrogen and oxygen atoms in total. The van der Waals surface area contributed by atoms with Gasteiger partial charge in [0.15, 0.2) is 5.60 Å². The van der Waals surface area contributed by atoms with Gasteiger partial charge >= 0.3 is 0 Å². The quantitative estimate of drug-likeness (QED) is 0.210. The van der Waals surface area contributed by atoms with Crippen LogP contribution >= 0.6 is 11.6 Å². The van der Waals surface area contributed by atoms with Crippen LogP contribution in [0.25, 0.3) is 0 Å². The average Bonchev–Trinajstić information content (AvgIpc) is 3.76. The molecule has 3 amide bonds. The summed E-state index contributed by atoms with van der Waals surface area (Å²) in [5.74, 6) is -1.17. The first-order valence-electron chi connectivity index (χ1n) is 17.4. The minimum absolute atomic E-state index is 0.0675. The highest BCUT2D eigenvalue weighted by atomic mass is 35.5. The normalized spacial score (nSPS) is 26.6.